The topological polar surface area (TPSA) is 117 Å². The summed E-state index contributed by atoms with van der Waals surface area (Å²) in [5.41, 5.74) is 3.54. The first-order chi connectivity index (χ1) is 20.1. The molecule has 4 rings (SSSR count). The number of hydrazone groups is 1. The van der Waals surface area contributed by atoms with E-state index in [1.807, 2.05) is 0 Å². The summed E-state index contributed by atoms with van der Waals surface area (Å²) < 4.78 is 33.2. The third-order valence-corrected chi connectivity index (χ3v) is 8.11. The number of halogens is 3. The van der Waals surface area contributed by atoms with E-state index in [2.05, 4.69) is 15.8 Å². The predicted molar refractivity (Wildman–Crippen MR) is 165 cm³/mol. The van der Waals surface area contributed by atoms with Gasteiger partial charge >= 0.3 is 0 Å². The smallest absolute Gasteiger partial charge is 0.264 e. The molecule has 2 N–H and O–H groups in total. The van der Waals surface area contributed by atoms with Crippen molar-refractivity contribution >= 4 is 74.2 Å². The maximum absolute atomic E-state index is 13.4. The first kappa shape index (κ1) is 30.9. The minimum atomic E-state index is -4.14. The van der Waals surface area contributed by atoms with Crippen molar-refractivity contribution in [2.75, 3.05) is 22.8 Å². The lowest BCUT2D eigenvalue weighted by atomic mass is 10.2. The van der Waals surface area contributed by atoms with Gasteiger partial charge in [0.1, 0.15) is 12.3 Å². The number of rotatable bonds is 11. The Kier molecular flexibility index (Phi) is 10.4. The number of carbonyl (C=O) groups excluding carboxylic acids is 2. The molecule has 0 bridgehead atoms. The highest BCUT2D eigenvalue weighted by molar-refractivity contribution is 7.92. The summed E-state index contributed by atoms with van der Waals surface area (Å²) in [4.78, 5) is 24.9. The first-order valence-electron chi connectivity index (χ1n) is 12.2. The summed E-state index contributed by atoms with van der Waals surface area (Å²) in [5, 5.41) is 7.42. The van der Waals surface area contributed by atoms with Crippen LogP contribution in [0, 0.1) is 0 Å². The Balaban J connectivity index is 1.36. The van der Waals surface area contributed by atoms with E-state index in [9.17, 15) is 18.0 Å². The molecule has 0 aliphatic carbocycles. The number of hydrogen-bond acceptors (Lipinski definition) is 6. The van der Waals surface area contributed by atoms with Crippen molar-refractivity contribution in [3.63, 3.8) is 0 Å². The molecule has 9 nitrogen and oxygen atoms in total. The molecule has 0 unspecified atom stereocenters. The Morgan fingerprint density at radius 1 is 0.833 bits per heavy atom. The lowest BCUT2D eigenvalue weighted by molar-refractivity contribution is -0.119. The van der Waals surface area contributed by atoms with Gasteiger partial charge in [-0.2, -0.15) is 5.10 Å². The van der Waals surface area contributed by atoms with Crippen molar-refractivity contribution in [1.29, 1.82) is 0 Å². The summed E-state index contributed by atoms with van der Waals surface area (Å²) in [6, 6.07) is 25.4. The van der Waals surface area contributed by atoms with Gasteiger partial charge in [-0.05, 0) is 72.3 Å². The molecule has 0 fully saturated rings. The molecule has 0 heterocycles. The van der Waals surface area contributed by atoms with E-state index in [1.54, 1.807) is 66.7 Å². The van der Waals surface area contributed by atoms with Gasteiger partial charge in [-0.25, -0.2) is 13.8 Å². The van der Waals surface area contributed by atoms with E-state index >= 15 is 0 Å². The lowest BCUT2D eigenvalue weighted by Gasteiger charge is -2.24. The van der Waals surface area contributed by atoms with Crippen molar-refractivity contribution < 1.29 is 22.7 Å². The van der Waals surface area contributed by atoms with Crippen molar-refractivity contribution in [3.05, 3.63) is 118 Å². The molecule has 42 heavy (non-hydrogen) atoms. The number of para-hydroxylation sites is 1. The Morgan fingerprint density at radius 3 is 2.14 bits per heavy atom. The van der Waals surface area contributed by atoms with Gasteiger partial charge in [-0.1, -0.05) is 65.1 Å². The van der Waals surface area contributed by atoms with Gasteiger partial charge < -0.3 is 10.1 Å². The summed E-state index contributed by atoms with van der Waals surface area (Å²) in [6.45, 7) is -0.816. The van der Waals surface area contributed by atoms with Gasteiger partial charge in [0.05, 0.1) is 27.5 Å². The number of anilines is 2. The van der Waals surface area contributed by atoms with Crippen LogP contribution in [0.1, 0.15) is 5.56 Å². The second-order valence-corrected chi connectivity index (χ2v) is 11.8. The van der Waals surface area contributed by atoms with E-state index in [-0.39, 0.29) is 33.1 Å². The van der Waals surface area contributed by atoms with Crippen LogP contribution < -0.4 is 19.8 Å². The second kappa shape index (κ2) is 14.2. The molecule has 4 aromatic rings. The highest BCUT2D eigenvalue weighted by Gasteiger charge is 2.27. The third-order valence-electron chi connectivity index (χ3n) is 5.55. The molecule has 4 aromatic carbocycles. The minimum Gasteiger partial charge on any atom is -0.484 e. The van der Waals surface area contributed by atoms with Crippen LogP contribution in [0.3, 0.4) is 0 Å². The molecule has 2 amide bonds. The van der Waals surface area contributed by atoms with Crippen molar-refractivity contribution in [3.8, 4) is 5.75 Å². The van der Waals surface area contributed by atoms with E-state index < -0.39 is 22.5 Å². The molecule has 0 spiro atoms. The number of carbonyl (C=O) groups is 2. The van der Waals surface area contributed by atoms with Crippen LogP contribution in [0.15, 0.2) is 107 Å². The van der Waals surface area contributed by atoms with Crippen molar-refractivity contribution in [1.82, 2.24) is 5.43 Å². The fourth-order valence-corrected chi connectivity index (χ4v) is 5.73. The van der Waals surface area contributed by atoms with Crippen LogP contribution in [0.25, 0.3) is 0 Å². The van der Waals surface area contributed by atoms with Gasteiger partial charge in [0, 0.05) is 10.0 Å². The molecule has 0 saturated carbocycles. The summed E-state index contributed by atoms with van der Waals surface area (Å²) in [5.74, 6) is -0.640. The Labute approximate surface area is 257 Å². The average molecular weight is 646 g/mol. The zero-order valence-corrected chi connectivity index (χ0v) is 24.8. The normalized spacial score (nSPS) is 11.2. The number of nitrogens with zero attached hydrogens (tertiary/aromatic N) is 2. The van der Waals surface area contributed by atoms with E-state index in [4.69, 9.17) is 39.5 Å². The Morgan fingerprint density at radius 2 is 1.48 bits per heavy atom. The third kappa shape index (κ3) is 8.46. The van der Waals surface area contributed by atoms with Crippen molar-refractivity contribution in [2.45, 2.75) is 4.90 Å². The van der Waals surface area contributed by atoms with Gasteiger partial charge in [0.15, 0.2) is 6.61 Å². The van der Waals surface area contributed by atoms with Gasteiger partial charge in [-0.3, -0.25) is 13.9 Å². The zero-order valence-electron chi connectivity index (χ0n) is 21.7. The van der Waals surface area contributed by atoms with E-state index in [0.717, 1.165) is 4.31 Å². The number of nitrogens with one attached hydrogen (secondary N) is 2. The van der Waals surface area contributed by atoms with Crippen LogP contribution in [-0.2, 0) is 19.6 Å². The van der Waals surface area contributed by atoms with Crippen LogP contribution in [0.2, 0.25) is 15.1 Å². The van der Waals surface area contributed by atoms with Gasteiger partial charge in [0.25, 0.3) is 21.8 Å². The summed E-state index contributed by atoms with van der Waals surface area (Å²) in [6.07, 6.45) is 1.37. The fraction of sp³-hybridized carbons (Fsp3) is 0.0690. The SMILES string of the molecule is O=C(CN(c1cc(Cl)cc(Cl)c1)S(=O)(=O)c1ccccc1)N/N=C\c1ccc(OCC(=O)Nc2ccccc2Cl)cc1. The van der Waals surface area contributed by atoms with Crippen LogP contribution >= 0.6 is 34.8 Å². The molecule has 0 radical (unpaired) electrons. The van der Waals surface area contributed by atoms with E-state index in [1.165, 1.54) is 36.5 Å². The quantitative estimate of drug-likeness (QED) is 0.153. The molecule has 0 saturated heterocycles. The largest absolute Gasteiger partial charge is 0.484 e. The zero-order chi connectivity index (χ0) is 30.1. The number of sulfonamides is 1. The number of benzene rings is 4. The number of hydrogen-bond donors (Lipinski definition) is 2. The standard InChI is InChI=1S/C29H23Cl3N4O5S/c30-21-14-22(31)16-23(15-21)36(42(39,40)25-6-2-1-3-7-25)18-28(37)35-33-17-20-10-12-24(13-11-20)41-19-29(38)34-27-9-5-4-8-26(27)32/h1-17H,18-19H2,(H,34,38)(H,35,37)/b33-17-. The first-order valence-corrected chi connectivity index (χ1v) is 14.8. The maximum Gasteiger partial charge on any atom is 0.264 e. The van der Waals surface area contributed by atoms with Gasteiger partial charge in [0.2, 0.25) is 0 Å². The van der Waals surface area contributed by atoms with Crippen molar-refractivity contribution in [2.24, 2.45) is 5.10 Å². The molecule has 0 aromatic heterocycles. The summed E-state index contributed by atoms with van der Waals surface area (Å²) >= 11 is 18.2. The van der Waals surface area contributed by atoms with E-state index in [0.29, 0.717) is 22.0 Å². The molecule has 216 valence electrons. The number of ether oxygens (including phenoxy) is 1. The lowest BCUT2D eigenvalue weighted by Crippen LogP contribution is -2.39. The van der Waals surface area contributed by atoms with Crippen LogP contribution in [0.4, 0.5) is 11.4 Å². The molecule has 0 atom stereocenters. The molecule has 0 aliphatic heterocycles. The highest BCUT2D eigenvalue weighted by atomic mass is 35.5. The monoisotopic (exact) mass is 644 g/mol. The van der Waals surface area contributed by atoms with Crippen LogP contribution in [-0.4, -0.2) is 39.6 Å². The second-order valence-electron chi connectivity index (χ2n) is 8.63. The van der Waals surface area contributed by atoms with Gasteiger partial charge in [-0.15, -0.1) is 0 Å². The Hall–Kier alpha value is -4.09. The van der Waals surface area contributed by atoms with Crippen LogP contribution in [0.5, 0.6) is 5.75 Å². The highest BCUT2D eigenvalue weighted by Crippen LogP contribution is 2.29. The number of amides is 2. The molecular weight excluding hydrogens is 623 g/mol. The molecule has 13 heteroatoms. The minimum absolute atomic E-state index is 0.0129. The molecular formula is C29H23Cl3N4O5S. The Bertz CT molecular complexity index is 1680. The summed E-state index contributed by atoms with van der Waals surface area (Å²) in [7, 11) is -4.14. The fourth-order valence-electron chi connectivity index (χ4n) is 3.61. The molecule has 0 aliphatic rings. The maximum atomic E-state index is 13.4. The average Bonchev–Trinajstić information content (AvgIpc) is 2.96. The predicted octanol–water partition coefficient (Wildman–Crippen LogP) is 6.01.